The summed E-state index contributed by atoms with van der Waals surface area (Å²) in [5, 5.41) is 0. The van der Waals surface area contributed by atoms with Gasteiger partial charge in [-0.1, -0.05) is 161 Å². The molecule has 56 heavy (non-hydrogen) atoms. The van der Waals surface area contributed by atoms with Crippen molar-refractivity contribution in [3.05, 3.63) is 178 Å². The molecule has 0 saturated carbocycles. The Morgan fingerprint density at radius 3 is 1.38 bits per heavy atom. The fourth-order valence-corrected chi connectivity index (χ4v) is 7.14. The molecule has 0 nitrogen and oxygen atoms in total. The first-order valence-corrected chi connectivity index (χ1v) is 20.9. The summed E-state index contributed by atoms with van der Waals surface area (Å²) >= 11 is 0. The van der Waals surface area contributed by atoms with Crippen molar-refractivity contribution < 1.29 is 0 Å². The smallest absolute Gasteiger partial charge is 0.0222 e. The molecule has 0 radical (unpaired) electrons. The zero-order valence-corrected chi connectivity index (χ0v) is 39.7. The van der Waals surface area contributed by atoms with E-state index in [1.807, 2.05) is 70.2 Å². The van der Waals surface area contributed by atoms with Gasteiger partial charge in [-0.3, -0.25) is 0 Å². The van der Waals surface area contributed by atoms with E-state index < -0.39 is 0 Å². The highest BCUT2D eigenvalue weighted by atomic mass is 14.3. The Kier molecular flexibility index (Phi) is 26.8. The number of rotatable bonds is 5. The number of hydrogen-bond donors (Lipinski definition) is 0. The Balaban J connectivity index is 0. The summed E-state index contributed by atoms with van der Waals surface area (Å²) in [5.74, 6) is 0. The molecule has 0 aliphatic heterocycles. The third kappa shape index (κ3) is 20.9. The van der Waals surface area contributed by atoms with Gasteiger partial charge in [-0.05, 0) is 190 Å². The van der Waals surface area contributed by atoms with Gasteiger partial charge in [0.25, 0.3) is 0 Å². The van der Waals surface area contributed by atoms with Gasteiger partial charge >= 0.3 is 0 Å². The highest BCUT2D eigenvalue weighted by molar-refractivity contribution is 5.44. The van der Waals surface area contributed by atoms with E-state index in [2.05, 4.69) is 135 Å². The molecule has 0 heterocycles. The van der Waals surface area contributed by atoms with Crippen molar-refractivity contribution in [1.82, 2.24) is 0 Å². The van der Waals surface area contributed by atoms with E-state index in [-0.39, 0.29) is 0 Å². The van der Waals surface area contributed by atoms with Gasteiger partial charge in [0.15, 0.2) is 0 Å². The van der Waals surface area contributed by atoms with E-state index in [9.17, 15) is 0 Å². The van der Waals surface area contributed by atoms with E-state index >= 15 is 0 Å². The maximum atomic E-state index is 4.08. The predicted octanol–water partition coefficient (Wildman–Crippen LogP) is 18.7. The van der Waals surface area contributed by atoms with Gasteiger partial charge in [-0.2, -0.15) is 0 Å². The van der Waals surface area contributed by atoms with E-state index in [4.69, 9.17) is 0 Å². The topological polar surface area (TPSA) is 0 Å². The monoisotopic (exact) mass is 759 g/mol. The van der Waals surface area contributed by atoms with Crippen LogP contribution in [0.5, 0.6) is 0 Å². The lowest BCUT2D eigenvalue weighted by Gasteiger charge is -2.33. The second kappa shape index (κ2) is 27.7. The lowest BCUT2D eigenvalue weighted by molar-refractivity contribution is 0.348. The van der Waals surface area contributed by atoms with Crippen molar-refractivity contribution in [1.29, 1.82) is 0 Å². The third-order valence-corrected chi connectivity index (χ3v) is 11.3. The van der Waals surface area contributed by atoms with Gasteiger partial charge in [-0.15, -0.1) is 0 Å². The standard InChI is InChI=1S/C13H20.C11H18.C10H14.2C8H12.C6H10/c1-6-11-8-13(4,5)9-12(7-2)10(11)3;1-8-6-11(4,5)7-9(2)10(8)3;1-4-9-6-7-10(5-2)8(9)3;1-6-4-5-7(2)8(6)3;1-4-6-8(3)7-5-2;1-4-6(3)5-2/h6-7H,1,8-9H2,2-5H3;1,6-7H2,2-5H3;4-5H,1,6-7H2,2-3H3;1,4-5H2,2-3H3;4-7H,1H2,2-3H3;4-5H,1H2,2-3H3/b12-7+;;10-5+;;7-5+,8-6+;6-5+. The predicted molar refractivity (Wildman–Crippen MR) is 261 cm³/mol. The molecule has 0 fully saturated rings. The molecule has 4 aliphatic carbocycles. The van der Waals surface area contributed by atoms with Crippen molar-refractivity contribution in [2.45, 2.75) is 162 Å². The summed E-state index contributed by atoms with van der Waals surface area (Å²) in [5.41, 5.74) is 20.6. The fraction of sp³-hybridized carbons (Fsp3) is 0.464. The normalized spacial score (nSPS) is 20.5. The van der Waals surface area contributed by atoms with Crippen LogP contribution >= 0.6 is 0 Å². The molecule has 0 aromatic heterocycles. The highest BCUT2D eigenvalue weighted by Gasteiger charge is 2.27. The quantitative estimate of drug-likeness (QED) is 0.245. The second-order valence-electron chi connectivity index (χ2n) is 17.3. The van der Waals surface area contributed by atoms with E-state index in [1.54, 1.807) is 6.08 Å². The van der Waals surface area contributed by atoms with Gasteiger partial charge in [0.2, 0.25) is 0 Å². The lowest BCUT2D eigenvalue weighted by atomic mass is 9.72. The first-order valence-electron chi connectivity index (χ1n) is 20.9. The molecule has 0 spiro atoms. The molecule has 4 aliphatic rings. The average Bonchev–Trinajstić information content (AvgIpc) is 3.66. The summed E-state index contributed by atoms with van der Waals surface area (Å²) in [6.45, 7) is 57.5. The molecule has 0 unspecified atom stereocenters. The Hall–Kier alpha value is -3.90. The van der Waals surface area contributed by atoms with Gasteiger partial charge in [-0.25, -0.2) is 0 Å². The van der Waals surface area contributed by atoms with Crippen LogP contribution in [0.1, 0.15) is 162 Å². The third-order valence-electron chi connectivity index (χ3n) is 11.3. The summed E-state index contributed by atoms with van der Waals surface area (Å²) < 4.78 is 0. The van der Waals surface area contributed by atoms with Crippen LogP contribution in [0.25, 0.3) is 0 Å². The van der Waals surface area contributed by atoms with Crippen LogP contribution in [0.3, 0.4) is 0 Å². The molecular formula is C56H86. The summed E-state index contributed by atoms with van der Waals surface area (Å²) in [4.78, 5) is 0. The molecule has 0 saturated heterocycles. The Bertz CT molecular complexity index is 1660. The number of allylic oxidation sites excluding steroid dienone is 24. The zero-order valence-electron chi connectivity index (χ0n) is 39.7. The van der Waals surface area contributed by atoms with E-state index in [0.717, 1.165) is 6.42 Å². The van der Waals surface area contributed by atoms with Gasteiger partial charge in [0, 0.05) is 0 Å². The minimum atomic E-state index is 0.408. The summed E-state index contributed by atoms with van der Waals surface area (Å²) in [6.07, 6.45) is 29.7. The van der Waals surface area contributed by atoms with Crippen LogP contribution in [0.2, 0.25) is 0 Å². The first kappa shape index (κ1) is 54.2. The van der Waals surface area contributed by atoms with Gasteiger partial charge < -0.3 is 0 Å². The van der Waals surface area contributed by atoms with Crippen molar-refractivity contribution in [2.75, 3.05) is 0 Å². The maximum absolute atomic E-state index is 4.08. The summed E-state index contributed by atoms with van der Waals surface area (Å²) in [7, 11) is 0. The van der Waals surface area contributed by atoms with Crippen LogP contribution in [-0.2, 0) is 0 Å². The lowest BCUT2D eigenvalue weighted by Crippen LogP contribution is -2.18. The molecule has 4 rings (SSSR count). The minimum Gasteiger partial charge on any atom is -0.0991 e. The van der Waals surface area contributed by atoms with Crippen LogP contribution in [-0.4, -0.2) is 0 Å². The van der Waals surface area contributed by atoms with Crippen LogP contribution in [0.4, 0.5) is 0 Å². The molecule has 0 bridgehead atoms. The SMILES string of the molecule is C=C/C(C)=C/C.C=C/C=C(C)/C=C/C.C=C1CC(C)(C)CC(C)=C1C.C=C1CCC(C)=C1C.C=CC1=C(C)/C(=C/C)CC(C)(C)C1.C=CC1=C(C)/C(=C/C)CC1. The minimum absolute atomic E-state index is 0.408. The van der Waals surface area contributed by atoms with Crippen LogP contribution < -0.4 is 0 Å². The van der Waals surface area contributed by atoms with E-state index in [1.165, 1.54) is 123 Å². The van der Waals surface area contributed by atoms with Crippen molar-refractivity contribution in [3.63, 3.8) is 0 Å². The molecule has 0 amide bonds. The molecular weight excluding hydrogens is 673 g/mol. The fourth-order valence-electron chi connectivity index (χ4n) is 7.14. The van der Waals surface area contributed by atoms with Crippen molar-refractivity contribution >= 4 is 0 Å². The Morgan fingerprint density at radius 1 is 0.536 bits per heavy atom. The molecule has 0 aromatic carbocycles. The largest absolute Gasteiger partial charge is 0.0991 e. The molecule has 0 heteroatoms. The van der Waals surface area contributed by atoms with E-state index in [0.29, 0.717) is 10.8 Å². The maximum Gasteiger partial charge on any atom is -0.0222 e. The second-order valence-corrected chi connectivity index (χ2v) is 17.3. The number of hydrogen-bond acceptors (Lipinski definition) is 0. The van der Waals surface area contributed by atoms with Crippen molar-refractivity contribution in [2.24, 2.45) is 10.8 Å². The summed E-state index contributed by atoms with van der Waals surface area (Å²) in [6, 6.07) is 0. The van der Waals surface area contributed by atoms with Gasteiger partial charge in [0.05, 0.1) is 0 Å². The van der Waals surface area contributed by atoms with Crippen LogP contribution in [0.15, 0.2) is 178 Å². The molecule has 310 valence electrons. The Labute approximate surface area is 349 Å². The highest BCUT2D eigenvalue weighted by Crippen LogP contribution is 2.42. The molecule has 0 aromatic rings. The van der Waals surface area contributed by atoms with Crippen molar-refractivity contribution in [3.8, 4) is 0 Å². The molecule has 0 atom stereocenters. The first-order chi connectivity index (χ1) is 26.0. The average molecular weight is 759 g/mol. The van der Waals surface area contributed by atoms with Gasteiger partial charge in [0.1, 0.15) is 0 Å². The Morgan fingerprint density at radius 2 is 1.05 bits per heavy atom. The zero-order chi connectivity index (χ0) is 43.8. The van der Waals surface area contributed by atoms with Crippen LogP contribution in [0, 0.1) is 10.8 Å². The molecule has 0 N–H and O–H groups in total.